The summed E-state index contributed by atoms with van der Waals surface area (Å²) < 4.78 is 6.43. The number of benzene rings is 1. The highest BCUT2D eigenvalue weighted by molar-refractivity contribution is 9.10. The molecule has 0 spiro atoms. The normalized spacial score (nSPS) is 20.7. The van der Waals surface area contributed by atoms with Crippen LogP contribution in [0.2, 0.25) is 5.02 Å². The van der Waals surface area contributed by atoms with Crippen LogP contribution in [0.15, 0.2) is 16.6 Å². The number of ether oxygens (including phenoxy) is 1. The Kier molecular flexibility index (Phi) is 2.49. The van der Waals surface area contributed by atoms with E-state index in [0.717, 1.165) is 22.2 Å². The molecule has 0 aromatic heterocycles. The smallest absolute Gasteiger partial charge is 0.143 e. The van der Waals surface area contributed by atoms with Gasteiger partial charge >= 0.3 is 0 Å². The van der Waals surface area contributed by atoms with E-state index in [1.165, 1.54) is 0 Å². The number of halogens is 2. The van der Waals surface area contributed by atoms with E-state index in [1.807, 2.05) is 12.1 Å². The van der Waals surface area contributed by atoms with Gasteiger partial charge in [-0.3, -0.25) is 0 Å². The van der Waals surface area contributed by atoms with Crippen molar-refractivity contribution in [2.75, 3.05) is 6.61 Å². The summed E-state index contributed by atoms with van der Waals surface area (Å²) in [7, 11) is 0. The van der Waals surface area contributed by atoms with Gasteiger partial charge in [-0.05, 0) is 12.1 Å². The Hall–Kier alpha value is -0.250. The van der Waals surface area contributed by atoms with E-state index >= 15 is 0 Å². The lowest BCUT2D eigenvalue weighted by molar-refractivity contribution is 0.268. The summed E-state index contributed by atoms with van der Waals surface area (Å²) in [6, 6.07) is 3.73. The van der Waals surface area contributed by atoms with Crippen LogP contribution in [0.25, 0.3) is 0 Å². The Bertz CT molecular complexity index is 343. The van der Waals surface area contributed by atoms with E-state index < -0.39 is 0 Å². The molecule has 1 atom stereocenters. The van der Waals surface area contributed by atoms with Crippen molar-refractivity contribution in [3.05, 3.63) is 27.2 Å². The molecule has 0 unspecified atom stereocenters. The van der Waals surface area contributed by atoms with Gasteiger partial charge in [-0.25, -0.2) is 0 Å². The maximum Gasteiger partial charge on any atom is 0.143 e. The van der Waals surface area contributed by atoms with Crippen LogP contribution < -0.4 is 10.5 Å². The van der Waals surface area contributed by atoms with Crippen LogP contribution in [0.1, 0.15) is 18.0 Å². The van der Waals surface area contributed by atoms with Crippen LogP contribution in [-0.2, 0) is 0 Å². The van der Waals surface area contributed by atoms with Gasteiger partial charge in [0, 0.05) is 22.5 Å². The fourth-order valence-corrected chi connectivity index (χ4v) is 2.30. The van der Waals surface area contributed by atoms with Gasteiger partial charge in [0.25, 0.3) is 0 Å². The molecule has 1 aromatic carbocycles. The Morgan fingerprint density at radius 1 is 1.54 bits per heavy atom. The first-order valence-electron chi connectivity index (χ1n) is 4.06. The predicted octanol–water partition coefficient (Wildman–Crippen LogP) is 2.88. The average Bonchev–Trinajstić information content (AvgIpc) is 2.12. The molecule has 0 aliphatic carbocycles. The molecule has 13 heavy (non-hydrogen) atoms. The van der Waals surface area contributed by atoms with Crippen molar-refractivity contribution >= 4 is 27.5 Å². The van der Waals surface area contributed by atoms with E-state index in [0.29, 0.717) is 11.6 Å². The standard InChI is InChI=1S/C9H9BrClNO/c10-5-1-2-6(11)9-8(5)7(12)3-4-13-9/h1-2,7H,3-4,12H2/t7-/m1/s1. The van der Waals surface area contributed by atoms with Crippen molar-refractivity contribution in [3.8, 4) is 5.75 Å². The van der Waals surface area contributed by atoms with Gasteiger partial charge in [-0.15, -0.1) is 0 Å². The molecular weight excluding hydrogens is 253 g/mol. The second-order valence-corrected chi connectivity index (χ2v) is 4.28. The van der Waals surface area contributed by atoms with E-state index in [4.69, 9.17) is 22.1 Å². The second-order valence-electron chi connectivity index (χ2n) is 3.02. The summed E-state index contributed by atoms with van der Waals surface area (Å²) in [6.07, 6.45) is 0.839. The summed E-state index contributed by atoms with van der Waals surface area (Å²) in [4.78, 5) is 0. The Labute approximate surface area is 90.1 Å². The molecule has 0 bridgehead atoms. The van der Waals surface area contributed by atoms with Crippen LogP contribution in [-0.4, -0.2) is 6.61 Å². The molecule has 0 radical (unpaired) electrons. The van der Waals surface area contributed by atoms with Crippen LogP contribution >= 0.6 is 27.5 Å². The lowest BCUT2D eigenvalue weighted by Gasteiger charge is -2.24. The highest BCUT2D eigenvalue weighted by Gasteiger charge is 2.22. The number of rotatable bonds is 0. The van der Waals surface area contributed by atoms with Gasteiger partial charge in [0.05, 0.1) is 11.6 Å². The van der Waals surface area contributed by atoms with Gasteiger partial charge in [0.15, 0.2) is 0 Å². The summed E-state index contributed by atoms with van der Waals surface area (Å²) >= 11 is 9.42. The van der Waals surface area contributed by atoms with Crippen molar-refractivity contribution in [1.29, 1.82) is 0 Å². The Morgan fingerprint density at radius 2 is 2.31 bits per heavy atom. The maximum atomic E-state index is 5.98. The van der Waals surface area contributed by atoms with Crippen molar-refractivity contribution in [2.45, 2.75) is 12.5 Å². The maximum absolute atomic E-state index is 5.98. The molecule has 0 amide bonds. The van der Waals surface area contributed by atoms with E-state index in [-0.39, 0.29) is 6.04 Å². The number of nitrogens with two attached hydrogens (primary N) is 1. The van der Waals surface area contributed by atoms with Crippen molar-refractivity contribution < 1.29 is 4.74 Å². The zero-order valence-corrected chi connectivity index (χ0v) is 9.23. The van der Waals surface area contributed by atoms with Gasteiger partial charge in [-0.2, -0.15) is 0 Å². The molecule has 2 rings (SSSR count). The van der Waals surface area contributed by atoms with E-state index in [9.17, 15) is 0 Å². The molecule has 1 aliphatic rings. The third kappa shape index (κ3) is 1.56. The van der Waals surface area contributed by atoms with Crippen LogP contribution in [0.4, 0.5) is 0 Å². The lowest BCUT2D eigenvalue weighted by Crippen LogP contribution is -2.21. The second kappa shape index (κ2) is 3.48. The highest BCUT2D eigenvalue weighted by atomic mass is 79.9. The zero-order valence-electron chi connectivity index (χ0n) is 6.89. The summed E-state index contributed by atoms with van der Waals surface area (Å²) in [6.45, 7) is 0.643. The third-order valence-corrected chi connectivity index (χ3v) is 3.13. The zero-order chi connectivity index (χ0) is 9.42. The molecule has 0 fully saturated rings. The fourth-order valence-electron chi connectivity index (χ4n) is 1.47. The highest BCUT2D eigenvalue weighted by Crippen LogP contribution is 2.40. The van der Waals surface area contributed by atoms with Gasteiger partial charge in [-0.1, -0.05) is 27.5 Å². The van der Waals surface area contributed by atoms with E-state index in [2.05, 4.69) is 15.9 Å². The van der Waals surface area contributed by atoms with Crippen molar-refractivity contribution in [1.82, 2.24) is 0 Å². The molecule has 4 heteroatoms. The first-order chi connectivity index (χ1) is 6.20. The molecule has 1 aliphatic heterocycles. The minimum Gasteiger partial charge on any atom is -0.492 e. The quantitative estimate of drug-likeness (QED) is 0.780. The predicted molar refractivity (Wildman–Crippen MR) is 56.2 cm³/mol. The van der Waals surface area contributed by atoms with Gasteiger partial charge in [0.2, 0.25) is 0 Å². The fraction of sp³-hybridized carbons (Fsp3) is 0.333. The molecule has 2 nitrogen and oxygen atoms in total. The van der Waals surface area contributed by atoms with Gasteiger partial charge < -0.3 is 10.5 Å². The Morgan fingerprint density at radius 3 is 3.00 bits per heavy atom. The summed E-state index contributed by atoms with van der Waals surface area (Å²) in [5, 5.41) is 0.633. The first-order valence-corrected chi connectivity index (χ1v) is 5.23. The summed E-state index contributed by atoms with van der Waals surface area (Å²) in [5.74, 6) is 0.731. The molecule has 1 aromatic rings. The topological polar surface area (TPSA) is 35.2 Å². The number of hydrogen-bond donors (Lipinski definition) is 1. The molecule has 0 saturated heterocycles. The molecule has 70 valence electrons. The van der Waals surface area contributed by atoms with Crippen LogP contribution in [0.5, 0.6) is 5.75 Å². The molecule has 1 heterocycles. The van der Waals surface area contributed by atoms with Crippen molar-refractivity contribution in [2.24, 2.45) is 5.73 Å². The van der Waals surface area contributed by atoms with Gasteiger partial charge in [0.1, 0.15) is 5.75 Å². The minimum absolute atomic E-state index is 0.0248. The SMILES string of the molecule is N[C@@H]1CCOc2c(Cl)ccc(Br)c21. The monoisotopic (exact) mass is 261 g/mol. The average molecular weight is 263 g/mol. The number of fused-ring (bicyclic) bond motifs is 1. The first kappa shape index (κ1) is 9.31. The number of hydrogen-bond acceptors (Lipinski definition) is 2. The van der Waals surface area contributed by atoms with E-state index in [1.54, 1.807) is 0 Å². The van der Waals surface area contributed by atoms with Crippen molar-refractivity contribution in [3.63, 3.8) is 0 Å². The molecule has 2 N–H and O–H groups in total. The minimum atomic E-state index is 0.0248. The van der Waals surface area contributed by atoms with Crippen LogP contribution in [0, 0.1) is 0 Å². The summed E-state index contributed by atoms with van der Waals surface area (Å²) in [5.41, 5.74) is 6.93. The third-order valence-electron chi connectivity index (χ3n) is 2.14. The molecular formula is C9H9BrClNO. The Balaban J connectivity index is 2.60. The largest absolute Gasteiger partial charge is 0.492 e. The lowest BCUT2D eigenvalue weighted by atomic mass is 10.0. The molecule has 0 saturated carbocycles. The van der Waals surface area contributed by atoms with Crippen LogP contribution in [0.3, 0.4) is 0 Å².